The third-order valence-electron chi connectivity index (χ3n) is 10.9. The van der Waals surface area contributed by atoms with Crippen molar-refractivity contribution in [3.63, 3.8) is 0 Å². The lowest BCUT2D eigenvalue weighted by molar-refractivity contribution is 1.16. The van der Waals surface area contributed by atoms with E-state index in [4.69, 9.17) is 0 Å². The van der Waals surface area contributed by atoms with E-state index in [0.717, 1.165) is 5.69 Å². The number of rotatable bonds is 5. The summed E-state index contributed by atoms with van der Waals surface area (Å²) in [6.07, 6.45) is 0. The van der Waals surface area contributed by atoms with E-state index in [1.54, 1.807) is 0 Å². The Hall–Kier alpha value is -6.64. The normalized spacial score (nSPS) is 11.7. The summed E-state index contributed by atoms with van der Waals surface area (Å²) >= 11 is 0. The van der Waals surface area contributed by atoms with Gasteiger partial charge in [-0.25, -0.2) is 0 Å². The fourth-order valence-electron chi connectivity index (χ4n) is 8.73. The molecule has 0 aliphatic heterocycles. The lowest BCUT2D eigenvalue weighted by Crippen LogP contribution is -2.06. The largest absolute Gasteiger partial charge is 0.309 e. The van der Waals surface area contributed by atoms with Gasteiger partial charge in [-0.1, -0.05) is 146 Å². The first-order valence-corrected chi connectivity index (χ1v) is 18.0. The topological polar surface area (TPSA) is 9.86 Å². The summed E-state index contributed by atoms with van der Waals surface area (Å²) in [6.45, 7) is 4.62. The molecule has 0 aliphatic carbocycles. The molecule has 2 nitrogen and oxygen atoms in total. The minimum Gasteiger partial charge on any atom is -0.309 e. The van der Waals surface area contributed by atoms with Gasteiger partial charge >= 0.3 is 0 Å². The lowest BCUT2D eigenvalue weighted by Gasteiger charge is -2.26. The van der Waals surface area contributed by atoms with Crippen LogP contribution in [0.5, 0.6) is 0 Å². The van der Waals surface area contributed by atoms with Crippen LogP contribution in [0.4, 0.5) is 0 Å². The van der Waals surface area contributed by atoms with Crippen molar-refractivity contribution in [1.82, 2.24) is 9.13 Å². The van der Waals surface area contributed by atoms with E-state index in [1.165, 1.54) is 93.8 Å². The molecule has 10 aromatic rings. The van der Waals surface area contributed by atoms with E-state index in [-0.39, 0.29) is 0 Å². The van der Waals surface area contributed by atoms with Gasteiger partial charge in [0.15, 0.2) is 0 Å². The van der Waals surface area contributed by atoms with Crippen LogP contribution in [0.1, 0.15) is 11.1 Å². The van der Waals surface area contributed by atoms with Crippen LogP contribution in [0.15, 0.2) is 182 Å². The SMILES string of the molecule is Cc1c(-c2ccccc2)c(C)c(-c2ccccc2)c(-n2c3ccccc3c3cc(-n4c5ccccc5c5ccccc54)ccc32)c1-c1ccccc1. The molecule has 52 heavy (non-hydrogen) atoms. The van der Waals surface area contributed by atoms with Gasteiger partial charge in [-0.15, -0.1) is 0 Å². The Bertz CT molecular complexity index is 2830. The van der Waals surface area contributed by atoms with Crippen molar-refractivity contribution in [3.8, 4) is 44.8 Å². The first-order valence-electron chi connectivity index (χ1n) is 18.0. The molecule has 0 saturated heterocycles. The molecule has 0 saturated carbocycles. The third-order valence-corrected chi connectivity index (χ3v) is 10.9. The monoisotopic (exact) mass is 664 g/mol. The van der Waals surface area contributed by atoms with Crippen LogP contribution >= 0.6 is 0 Å². The van der Waals surface area contributed by atoms with E-state index in [0.29, 0.717) is 0 Å². The molecule has 246 valence electrons. The van der Waals surface area contributed by atoms with E-state index in [1.807, 2.05) is 0 Å². The molecular weight excluding hydrogens is 629 g/mol. The van der Waals surface area contributed by atoms with Crippen molar-refractivity contribution in [2.24, 2.45) is 0 Å². The zero-order valence-electron chi connectivity index (χ0n) is 29.2. The molecular formula is C50H36N2. The first-order chi connectivity index (χ1) is 25.7. The summed E-state index contributed by atoms with van der Waals surface area (Å²) < 4.78 is 4.96. The van der Waals surface area contributed by atoms with Crippen molar-refractivity contribution < 1.29 is 0 Å². The molecule has 0 amide bonds. The van der Waals surface area contributed by atoms with Gasteiger partial charge in [-0.2, -0.15) is 0 Å². The molecule has 2 aromatic heterocycles. The number of aromatic nitrogens is 2. The first kappa shape index (κ1) is 30.2. The van der Waals surface area contributed by atoms with Gasteiger partial charge in [0.1, 0.15) is 0 Å². The second-order valence-corrected chi connectivity index (χ2v) is 13.7. The Kier molecular flexibility index (Phi) is 6.97. The fraction of sp³-hybridized carbons (Fsp3) is 0.0400. The number of para-hydroxylation sites is 3. The van der Waals surface area contributed by atoms with Gasteiger partial charge in [0, 0.05) is 38.4 Å². The summed E-state index contributed by atoms with van der Waals surface area (Å²) in [6, 6.07) is 66.3. The Morgan fingerprint density at radius 2 is 0.673 bits per heavy atom. The summed E-state index contributed by atoms with van der Waals surface area (Å²) in [5.41, 5.74) is 17.2. The van der Waals surface area contributed by atoms with E-state index in [9.17, 15) is 0 Å². The quantitative estimate of drug-likeness (QED) is 0.173. The maximum absolute atomic E-state index is 2.54. The lowest BCUT2D eigenvalue weighted by atomic mass is 9.82. The van der Waals surface area contributed by atoms with Crippen LogP contribution in [0.3, 0.4) is 0 Å². The van der Waals surface area contributed by atoms with Crippen LogP contribution in [0, 0.1) is 13.8 Å². The number of hydrogen-bond donors (Lipinski definition) is 0. The summed E-state index contributed by atoms with van der Waals surface area (Å²) in [5.74, 6) is 0. The maximum Gasteiger partial charge on any atom is 0.0624 e. The number of fused-ring (bicyclic) bond motifs is 6. The van der Waals surface area contributed by atoms with Gasteiger partial charge in [0.2, 0.25) is 0 Å². The predicted octanol–water partition coefficient (Wildman–Crippen LogP) is 13.5. The molecule has 10 rings (SSSR count). The Balaban J connectivity index is 1.36. The molecule has 0 N–H and O–H groups in total. The van der Waals surface area contributed by atoms with Crippen molar-refractivity contribution >= 4 is 43.6 Å². The highest BCUT2D eigenvalue weighted by Gasteiger charge is 2.26. The van der Waals surface area contributed by atoms with E-state index < -0.39 is 0 Å². The third kappa shape index (κ3) is 4.51. The van der Waals surface area contributed by atoms with Crippen LogP contribution in [0.2, 0.25) is 0 Å². The fourth-order valence-corrected chi connectivity index (χ4v) is 8.73. The number of benzene rings is 8. The van der Waals surface area contributed by atoms with Crippen LogP contribution in [-0.4, -0.2) is 9.13 Å². The van der Waals surface area contributed by atoms with Gasteiger partial charge in [-0.05, 0) is 83.6 Å². The van der Waals surface area contributed by atoms with Crippen molar-refractivity contribution in [2.75, 3.05) is 0 Å². The Morgan fingerprint density at radius 1 is 0.308 bits per heavy atom. The summed E-state index contributed by atoms with van der Waals surface area (Å²) in [4.78, 5) is 0. The molecule has 0 radical (unpaired) electrons. The average molecular weight is 665 g/mol. The molecule has 2 heterocycles. The smallest absolute Gasteiger partial charge is 0.0624 e. The maximum atomic E-state index is 2.54. The van der Waals surface area contributed by atoms with E-state index in [2.05, 4.69) is 205 Å². The summed E-state index contributed by atoms with van der Waals surface area (Å²) in [7, 11) is 0. The van der Waals surface area contributed by atoms with Gasteiger partial charge < -0.3 is 9.13 Å². The van der Waals surface area contributed by atoms with Crippen LogP contribution in [-0.2, 0) is 0 Å². The van der Waals surface area contributed by atoms with Crippen LogP contribution in [0.25, 0.3) is 88.4 Å². The Labute approximate surface area is 303 Å². The highest BCUT2D eigenvalue weighted by molar-refractivity contribution is 6.13. The number of nitrogens with zero attached hydrogens (tertiary/aromatic N) is 2. The zero-order chi connectivity index (χ0) is 34.8. The van der Waals surface area contributed by atoms with Crippen molar-refractivity contribution in [3.05, 3.63) is 193 Å². The van der Waals surface area contributed by atoms with Gasteiger partial charge in [-0.3, -0.25) is 0 Å². The molecule has 0 bridgehead atoms. The molecule has 0 aliphatic rings. The molecule has 0 atom stereocenters. The second kappa shape index (κ2) is 12.0. The predicted molar refractivity (Wildman–Crippen MR) is 221 cm³/mol. The van der Waals surface area contributed by atoms with Gasteiger partial charge in [0.25, 0.3) is 0 Å². The second-order valence-electron chi connectivity index (χ2n) is 13.7. The van der Waals surface area contributed by atoms with Gasteiger partial charge in [0.05, 0.1) is 27.8 Å². The van der Waals surface area contributed by atoms with Crippen molar-refractivity contribution in [1.29, 1.82) is 0 Å². The minimum absolute atomic E-state index is 1.16. The highest BCUT2D eigenvalue weighted by Crippen LogP contribution is 2.48. The molecule has 0 spiro atoms. The average Bonchev–Trinajstić information content (AvgIpc) is 3.71. The van der Waals surface area contributed by atoms with E-state index >= 15 is 0 Å². The Morgan fingerprint density at radius 3 is 1.15 bits per heavy atom. The molecule has 0 fully saturated rings. The molecule has 8 aromatic carbocycles. The van der Waals surface area contributed by atoms with Crippen molar-refractivity contribution in [2.45, 2.75) is 13.8 Å². The standard InChI is InChI=1S/C50H36N2/c1-33-47(35-18-6-3-7-19-35)34(2)49(37-22-10-5-11-23-37)50(48(33)36-20-8-4-9-21-36)52-45-29-17-14-26-41(45)42-32-38(30-31-46(42)52)51-43-27-15-12-24-39(43)40-25-13-16-28-44(40)51/h3-32H,1-2H3. The molecule has 2 heteroatoms. The number of hydrogen-bond acceptors (Lipinski definition) is 0. The summed E-state index contributed by atoms with van der Waals surface area (Å²) in [5, 5.41) is 5.01. The minimum atomic E-state index is 1.16. The molecule has 0 unspecified atom stereocenters. The highest BCUT2D eigenvalue weighted by atomic mass is 15.0. The zero-order valence-corrected chi connectivity index (χ0v) is 29.2. The van der Waals surface area contributed by atoms with Crippen LogP contribution < -0.4 is 0 Å².